The lowest BCUT2D eigenvalue weighted by atomic mass is 9.98. The summed E-state index contributed by atoms with van der Waals surface area (Å²) in [5.74, 6) is 0.0699. The molecule has 0 bridgehead atoms. The van der Waals surface area contributed by atoms with Crippen molar-refractivity contribution in [2.24, 2.45) is 0 Å². The first-order chi connectivity index (χ1) is 23.1. The van der Waals surface area contributed by atoms with Gasteiger partial charge in [0, 0.05) is 18.5 Å². The second-order valence-electron chi connectivity index (χ2n) is 12.0. The molecule has 0 fully saturated rings. The van der Waals surface area contributed by atoms with Crippen LogP contribution in [-0.2, 0) is 36.5 Å². The predicted molar refractivity (Wildman–Crippen MR) is 176 cm³/mol. The number of aliphatic hydroxyl groups is 1. The Morgan fingerprint density at radius 1 is 0.917 bits per heavy atom. The largest absolute Gasteiger partial charge is 0.519 e. The Morgan fingerprint density at radius 2 is 1.60 bits per heavy atom. The van der Waals surface area contributed by atoms with Crippen molar-refractivity contribution in [2.45, 2.75) is 65.8 Å². The fourth-order valence-electron chi connectivity index (χ4n) is 5.59. The van der Waals surface area contributed by atoms with Gasteiger partial charge in [-0.2, -0.15) is 0 Å². The lowest BCUT2D eigenvalue weighted by molar-refractivity contribution is 0.0395. The van der Waals surface area contributed by atoms with E-state index < -0.39 is 17.4 Å². The van der Waals surface area contributed by atoms with E-state index >= 15 is 0 Å². The zero-order valence-corrected chi connectivity index (χ0v) is 27.2. The maximum atomic E-state index is 13.6. The highest BCUT2D eigenvalue weighted by Crippen LogP contribution is 2.32. The van der Waals surface area contributed by atoms with Crippen molar-refractivity contribution in [1.29, 1.82) is 0 Å². The molecule has 12 heteroatoms. The number of tetrazole rings is 1. The average Bonchev–Trinajstić information content (AvgIpc) is 3.77. The van der Waals surface area contributed by atoms with Gasteiger partial charge >= 0.3 is 11.8 Å². The molecule has 3 aromatic heterocycles. The molecule has 6 rings (SSSR count). The molecule has 3 heterocycles. The minimum atomic E-state index is -1.43. The van der Waals surface area contributed by atoms with Crippen LogP contribution in [-0.4, -0.2) is 40.8 Å². The normalized spacial score (nSPS) is 11.6. The molecule has 0 unspecified atom stereocenters. The highest BCUT2D eigenvalue weighted by atomic mass is 16.6. The summed E-state index contributed by atoms with van der Waals surface area (Å²) < 4.78 is 19.0. The molecule has 0 saturated heterocycles. The number of aryl methyl sites for hydroxylation is 2. The molecular weight excluding hydrogens is 612 g/mol. The van der Waals surface area contributed by atoms with E-state index in [4.69, 9.17) is 18.6 Å². The van der Waals surface area contributed by atoms with Crippen LogP contribution >= 0.6 is 0 Å². The summed E-state index contributed by atoms with van der Waals surface area (Å²) in [6.45, 7) is 7.26. The van der Waals surface area contributed by atoms with Crippen LogP contribution in [0.15, 0.2) is 92.5 Å². The van der Waals surface area contributed by atoms with Crippen LogP contribution in [0.3, 0.4) is 0 Å². The van der Waals surface area contributed by atoms with Gasteiger partial charge in [-0.05, 0) is 59.9 Å². The molecule has 0 atom stereocenters. The zero-order chi connectivity index (χ0) is 33.8. The van der Waals surface area contributed by atoms with Crippen molar-refractivity contribution in [3.63, 3.8) is 0 Å². The first-order valence-corrected chi connectivity index (χ1v) is 15.7. The number of rotatable bonds is 12. The molecule has 12 nitrogen and oxygen atoms in total. The lowest BCUT2D eigenvalue weighted by Gasteiger charge is -2.18. The van der Waals surface area contributed by atoms with Crippen molar-refractivity contribution in [3.05, 3.63) is 129 Å². The third-order valence-electron chi connectivity index (χ3n) is 7.94. The van der Waals surface area contributed by atoms with E-state index in [0.29, 0.717) is 31.2 Å². The number of carbonyl (C=O) groups excluding carboxylic acids is 1. The number of nitrogens with zero attached hydrogens (tertiary/aromatic N) is 6. The maximum absolute atomic E-state index is 13.6. The van der Waals surface area contributed by atoms with Gasteiger partial charge < -0.3 is 23.2 Å². The third kappa shape index (κ3) is 6.88. The van der Waals surface area contributed by atoms with Crippen molar-refractivity contribution < 1.29 is 23.5 Å². The molecule has 0 aliphatic carbocycles. The van der Waals surface area contributed by atoms with Gasteiger partial charge in [-0.15, -0.1) is 5.10 Å². The molecule has 0 spiro atoms. The highest BCUT2D eigenvalue weighted by molar-refractivity contribution is 5.89. The SMILES string of the molecule is CCCc1nc(C(C)(C)O)c(C(=O)OCc2oc(=O)oc2C)n1Cc1ccc(-c2ccccc2-c2nnnn2Cc2ccccc2)cc1. The summed E-state index contributed by atoms with van der Waals surface area (Å²) in [5, 5.41) is 23.6. The molecule has 0 aliphatic heterocycles. The summed E-state index contributed by atoms with van der Waals surface area (Å²) >= 11 is 0. The summed E-state index contributed by atoms with van der Waals surface area (Å²) in [6, 6.07) is 26.1. The Kier molecular flexibility index (Phi) is 9.17. The van der Waals surface area contributed by atoms with E-state index in [1.54, 1.807) is 30.0 Å². The molecule has 0 radical (unpaired) electrons. The second kappa shape index (κ2) is 13.6. The smallest absolute Gasteiger partial charge is 0.453 e. The van der Waals surface area contributed by atoms with Crippen molar-refractivity contribution in [1.82, 2.24) is 29.8 Å². The number of aromatic nitrogens is 6. The van der Waals surface area contributed by atoms with E-state index in [-0.39, 0.29) is 29.5 Å². The molecular formula is C36H36N6O6. The van der Waals surface area contributed by atoms with Crippen LogP contribution < -0.4 is 5.82 Å². The van der Waals surface area contributed by atoms with E-state index in [1.807, 2.05) is 85.8 Å². The van der Waals surface area contributed by atoms with Gasteiger partial charge in [0.25, 0.3) is 0 Å². The fourth-order valence-corrected chi connectivity index (χ4v) is 5.59. The van der Waals surface area contributed by atoms with Crippen molar-refractivity contribution in [3.8, 4) is 22.5 Å². The standard InChI is InChI=1S/C36H36N6O6/c1-5-11-30-37-32(36(3,4)45)31(34(43)46-22-29-23(2)47-35(44)48-29)41(30)20-25-16-18-26(19-17-25)27-14-9-10-15-28(27)33-38-39-40-42(33)21-24-12-7-6-8-13-24/h6-10,12-19,45H,5,11,20-22H2,1-4H3. The van der Waals surface area contributed by atoms with Gasteiger partial charge in [-0.1, -0.05) is 85.8 Å². The van der Waals surface area contributed by atoms with Crippen LogP contribution in [0.25, 0.3) is 22.5 Å². The lowest BCUT2D eigenvalue weighted by Crippen LogP contribution is -2.23. The van der Waals surface area contributed by atoms with Crippen LogP contribution in [0.2, 0.25) is 0 Å². The molecule has 48 heavy (non-hydrogen) atoms. The second-order valence-corrected chi connectivity index (χ2v) is 12.0. The zero-order valence-electron chi connectivity index (χ0n) is 27.2. The Balaban J connectivity index is 1.30. The number of benzene rings is 3. The number of hydrogen-bond acceptors (Lipinski definition) is 10. The van der Waals surface area contributed by atoms with Crippen LogP contribution in [0.1, 0.15) is 71.8 Å². The monoisotopic (exact) mass is 648 g/mol. The summed E-state index contributed by atoms with van der Waals surface area (Å²) in [7, 11) is 0. The maximum Gasteiger partial charge on any atom is 0.519 e. The Labute approximate surface area is 276 Å². The molecule has 0 saturated carbocycles. The van der Waals surface area contributed by atoms with Crippen LogP contribution in [0.5, 0.6) is 0 Å². The van der Waals surface area contributed by atoms with Gasteiger partial charge in [0.15, 0.2) is 29.6 Å². The van der Waals surface area contributed by atoms with E-state index in [2.05, 4.69) is 15.5 Å². The van der Waals surface area contributed by atoms with Gasteiger partial charge in [0.05, 0.1) is 6.54 Å². The minimum Gasteiger partial charge on any atom is -0.453 e. The number of imidazole rings is 1. The van der Waals surface area contributed by atoms with E-state index in [9.17, 15) is 14.7 Å². The van der Waals surface area contributed by atoms with Crippen LogP contribution in [0, 0.1) is 6.92 Å². The first kappa shape index (κ1) is 32.3. The van der Waals surface area contributed by atoms with E-state index in [1.165, 1.54) is 0 Å². The summed E-state index contributed by atoms with van der Waals surface area (Å²) in [6.07, 6.45) is 1.35. The third-order valence-corrected chi connectivity index (χ3v) is 7.94. The first-order valence-electron chi connectivity index (χ1n) is 15.7. The van der Waals surface area contributed by atoms with Crippen molar-refractivity contribution >= 4 is 5.97 Å². The topological polar surface area (TPSA) is 151 Å². The van der Waals surface area contributed by atoms with Gasteiger partial charge in [-0.25, -0.2) is 19.3 Å². The van der Waals surface area contributed by atoms with Gasteiger partial charge in [-0.3, -0.25) is 0 Å². The number of ether oxygens (including phenoxy) is 1. The number of carbonyl (C=O) groups is 1. The van der Waals surface area contributed by atoms with Gasteiger partial charge in [0.1, 0.15) is 17.1 Å². The van der Waals surface area contributed by atoms with Crippen LogP contribution in [0.4, 0.5) is 0 Å². The predicted octanol–water partition coefficient (Wildman–Crippen LogP) is 5.69. The van der Waals surface area contributed by atoms with Crippen molar-refractivity contribution in [2.75, 3.05) is 0 Å². The molecule has 0 aliphatic rings. The summed E-state index contributed by atoms with van der Waals surface area (Å²) in [5.41, 5.74) is 3.75. The fraction of sp³-hybridized carbons (Fsp3) is 0.278. The Morgan fingerprint density at radius 3 is 2.27 bits per heavy atom. The molecule has 0 amide bonds. The minimum absolute atomic E-state index is 0.114. The Hall–Kier alpha value is -5.62. The molecule has 3 aromatic carbocycles. The molecule has 6 aromatic rings. The Bertz CT molecular complexity index is 2080. The molecule has 246 valence electrons. The highest BCUT2D eigenvalue weighted by Gasteiger charge is 2.33. The average molecular weight is 649 g/mol. The number of esters is 1. The summed E-state index contributed by atoms with van der Waals surface area (Å²) in [4.78, 5) is 29.8. The quantitative estimate of drug-likeness (QED) is 0.164. The number of hydrogen-bond donors (Lipinski definition) is 1. The van der Waals surface area contributed by atoms with Gasteiger partial charge in [0.2, 0.25) is 0 Å². The van der Waals surface area contributed by atoms with E-state index in [0.717, 1.165) is 34.2 Å². The molecule has 1 N–H and O–H groups in total.